The molecule has 0 atom stereocenters. The lowest BCUT2D eigenvalue weighted by atomic mass is 10.1. The highest BCUT2D eigenvalue weighted by Crippen LogP contribution is 2.34. The van der Waals surface area contributed by atoms with Gasteiger partial charge in [0.1, 0.15) is 11.6 Å². The zero-order valence-electron chi connectivity index (χ0n) is 14.7. The Kier molecular flexibility index (Phi) is 6.02. The van der Waals surface area contributed by atoms with Crippen LogP contribution >= 0.6 is 11.6 Å². The molecule has 3 aromatic rings. The third-order valence-electron chi connectivity index (χ3n) is 4.08. The Hall–Kier alpha value is -2.36. The van der Waals surface area contributed by atoms with Crippen molar-refractivity contribution in [2.24, 2.45) is 0 Å². The van der Waals surface area contributed by atoms with E-state index in [2.05, 4.69) is 0 Å². The van der Waals surface area contributed by atoms with Gasteiger partial charge in [-0.1, -0.05) is 11.6 Å². The van der Waals surface area contributed by atoms with Crippen LogP contribution in [0.3, 0.4) is 0 Å². The van der Waals surface area contributed by atoms with Crippen molar-refractivity contribution in [1.29, 1.82) is 0 Å². The quantitative estimate of drug-likeness (QED) is 0.470. The zero-order valence-corrected chi connectivity index (χ0v) is 16.2. The molecule has 2 aromatic carbocycles. The molecule has 0 fully saturated rings. The fraction of sp³-hybridized carbons (Fsp3) is 0.158. The number of halogens is 5. The van der Waals surface area contributed by atoms with Crippen LogP contribution in [0.4, 0.5) is 17.6 Å². The summed E-state index contributed by atoms with van der Waals surface area (Å²) in [7, 11) is -4.24. The van der Waals surface area contributed by atoms with Gasteiger partial charge >= 0.3 is 6.18 Å². The van der Waals surface area contributed by atoms with Crippen molar-refractivity contribution in [3.05, 3.63) is 88.6 Å². The minimum absolute atomic E-state index is 0.168. The first-order chi connectivity index (χ1) is 13.6. The van der Waals surface area contributed by atoms with Crippen molar-refractivity contribution in [3.8, 4) is 0 Å². The third-order valence-corrected chi connectivity index (χ3v) is 6.14. The summed E-state index contributed by atoms with van der Waals surface area (Å²) in [6.45, 7) is -1.05. The van der Waals surface area contributed by atoms with E-state index in [1.54, 1.807) is 0 Å². The van der Waals surface area contributed by atoms with Crippen molar-refractivity contribution >= 4 is 21.6 Å². The standard InChI is InChI=1S/C19H14ClF4NO3S/c20-14-3-6-17(7-4-14)29(26,27)25(12-16-2-1-9-28-16)11-13-10-15(21)5-8-18(13)19(22,23)24/h1-10H,11-12H2. The van der Waals surface area contributed by atoms with Gasteiger partial charge in [0.2, 0.25) is 10.0 Å². The zero-order chi connectivity index (χ0) is 21.2. The van der Waals surface area contributed by atoms with E-state index in [9.17, 15) is 26.0 Å². The Morgan fingerprint density at radius 1 is 1.00 bits per heavy atom. The van der Waals surface area contributed by atoms with Gasteiger partial charge < -0.3 is 4.42 Å². The average molecular weight is 448 g/mol. The SMILES string of the molecule is O=S(=O)(c1ccc(Cl)cc1)N(Cc1ccco1)Cc1cc(F)ccc1C(F)(F)F. The van der Waals surface area contributed by atoms with Crippen LogP contribution < -0.4 is 0 Å². The molecule has 0 aliphatic heterocycles. The van der Waals surface area contributed by atoms with E-state index < -0.39 is 39.7 Å². The molecule has 10 heteroatoms. The van der Waals surface area contributed by atoms with Gasteiger partial charge in [0, 0.05) is 11.6 Å². The molecule has 154 valence electrons. The van der Waals surface area contributed by atoms with Gasteiger partial charge in [-0.05, 0) is 60.2 Å². The number of alkyl halides is 3. The van der Waals surface area contributed by atoms with Crippen molar-refractivity contribution in [1.82, 2.24) is 4.31 Å². The normalized spacial score (nSPS) is 12.5. The van der Waals surface area contributed by atoms with Gasteiger partial charge in [-0.3, -0.25) is 0 Å². The topological polar surface area (TPSA) is 50.5 Å². The van der Waals surface area contributed by atoms with E-state index in [1.807, 2.05) is 0 Å². The highest BCUT2D eigenvalue weighted by molar-refractivity contribution is 7.89. The van der Waals surface area contributed by atoms with Crippen LogP contribution in [0.25, 0.3) is 0 Å². The minimum atomic E-state index is -4.77. The van der Waals surface area contributed by atoms with E-state index in [1.165, 1.54) is 42.7 Å². The first kappa shape index (κ1) is 21.4. The molecule has 0 saturated carbocycles. The van der Waals surface area contributed by atoms with Crippen LogP contribution in [0.15, 0.2) is 70.2 Å². The smallest absolute Gasteiger partial charge is 0.416 e. The monoisotopic (exact) mass is 447 g/mol. The molecule has 0 aliphatic carbocycles. The van der Waals surface area contributed by atoms with Gasteiger partial charge in [0.15, 0.2) is 0 Å². The summed E-state index contributed by atoms with van der Waals surface area (Å²) in [6.07, 6.45) is -3.46. The lowest BCUT2D eigenvalue weighted by Crippen LogP contribution is -2.31. The first-order valence-corrected chi connectivity index (χ1v) is 10.0. The van der Waals surface area contributed by atoms with Crippen molar-refractivity contribution in [3.63, 3.8) is 0 Å². The van der Waals surface area contributed by atoms with Crippen LogP contribution in [0.1, 0.15) is 16.9 Å². The maximum Gasteiger partial charge on any atom is 0.416 e. The van der Waals surface area contributed by atoms with E-state index in [0.29, 0.717) is 23.2 Å². The summed E-state index contributed by atoms with van der Waals surface area (Å²) >= 11 is 5.78. The van der Waals surface area contributed by atoms with Gasteiger partial charge in [0.25, 0.3) is 0 Å². The number of sulfonamides is 1. The molecule has 0 amide bonds. The summed E-state index contributed by atoms with van der Waals surface area (Å²) in [4.78, 5) is -0.168. The fourth-order valence-electron chi connectivity index (χ4n) is 2.72. The van der Waals surface area contributed by atoms with Gasteiger partial charge in [0.05, 0.1) is 23.3 Å². The molecule has 3 rings (SSSR count). The van der Waals surface area contributed by atoms with Gasteiger partial charge in [-0.15, -0.1) is 0 Å². The largest absolute Gasteiger partial charge is 0.468 e. The molecular formula is C19H14ClF4NO3S. The lowest BCUT2D eigenvalue weighted by molar-refractivity contribution is -0.138. The fourth-order valence-corrected chi connectivity index (χ4v) is 4.23. The van der Waals surface area contributed by atoms with Crippen molar-refractivity contribution in [2.45, 2.75) is 24.2 Å². The molecular weight excluding hydrogens is 434 g/mol. The van der Waals surface area contributed by atoms with Crippen LogP contribution in [-0.2, 0) is 29.3 Å². The first-order valence-electron chi connectivity index (χ1n) is 8.21. The predicted octanol–water partition coefficient (Wildman–Crippen LogP) is 5.48. The number of nitrogens with zero attached hydrogens (tertiary/aromatic N) is 1. The summed E-state index contributed by atoms with van der Waals surface area (Å²) in [5.41, 5.74) is -1.63. The molecule has 4 nitrogen and oxygen atoms in total. The van der Waals surface area contributed by atoms with Crippen molar-refractivity contribution in [2.75, 3.05) is 0 Å². The van der Waals surface area contributed by atoms with E-state index in [-0.39, 0.29) is 17.2 Å². The van der Waals surface area contributed by atoms with Crippen LogP contribution in [0, 0.1) is 5.82 Å². The molecule has 0 bridgehead atoms. The highest BCUT2D eigenvalue weighted by Gasteiger charge is 2.35. The Morgan fingerprint density at radius 2 is 1.69 bits per heavy atom. The minimum Gasteiger partial charge on any atom is -0.468 e. The second kappa shape index (κ2) is 8.17. The van der Waals surface area contributed by atoms with Crippen molar-refractivity contribution < 1.29 is 30.4 Å². The predicted molar refractivity (Wildman–Crippen MR) is 98.0 cm³/mol. The molecule has 1 aromatic heterocycles. The lowest BCUT2D eigenvalue weighted by Gasteiger charge is -2.23. The molecule has 0 aliphatic rings. The molecule has 0 saturated heterocycles. The average Bonchev–Trinajstić information content (AvgIpc) is 3.14. The van der Waals surface area contributed by atoms with Gasteiger partial charge in [-0.25, -0.2) is 12.8 Å². The number of benzene rings is 2. The maximum absolute atomic E-state index is 13.7. The summed E-state index contributed by atoms with van der Waals surface area (Å²) in [5.74, 6) is -0.692. The molecule has 1 heterocycles. The molecule has 29 heavy (non-hydrogen) atoms. The second-order valence-corrected chi connectivity index (χ2v) is 8.48. The van der Waals surface area contributed by atoms with E-state index in [4.69, 9.17) is 16.0 Å². The summed E-state index contributed by atoms with van der Waals surface area (Å²) in [5, 5.41) is 0.297. The Labute approximate surface area is 169 Å². The van der Waals surface area contributed by atoms with Gasteiger partial charge in [-0.2, -0.15) is 17.5 Å². The van der Waals surface area contributed by atoms with Crippen LogP contribution in [0.2, 0.25) is 5.02 Å². The number of rotatable bonds is 6. The van der Waals surface area contributed by atoms with E-state index >= 15 is 0 Å². The van der Waals surface area contributed by atoms with E-state index in [0.717, 1.165) is 4.31 Å². The molecule has 0 unspecified atom stereocenters. The Balaban J connectivity index is 2.06. The second-order valence-electron chi connectivity index (χ2n) is 6.11. The number of furan rings is 1. The molecule has 0 radical (unpaired) electrons. The molecule has 0 spiro atoms. The maximum atomic E-state index is 13.7. The van der Waals surface area contributed by atoms with Crippen LogP contribution in [-0.4, -0.2) is 12.7 Å². The highest BCUT2D eigenvalue weighted by atomic mass is 35.5. The Bertz CT molecular complexity index is 1080. The third kappa shape index (κ3) is 4.98. The number of hydrogen-bond donors (Lipinski definition) is 0. The number of hydrogen-bond acceptors (Lipinski definition) is 3. The van der Waals surface area contributed by atoms with Crippen LogP contribution in [0.5, 0.6) is 0 Å². The molecule has 0 N–H and O–H groups in total. The summed E-state index contributed by atoms with van der Waals surface area (Å²) in [6, 6.07) is 10.1. The Morgan fingerprint density at radius 3 is 2.28 bits per heavy atom. The summed E-state index contributed by atoms with van der Waals surface area (Å²) < 4.78 is 85.8.